The van der Waals surface area contributed by atoms with Crippen LogP contribution in [0.15, 0.2) is 57.8 Å². The van der Waals surface area contributed by atoms with Crippen LogP contribution < -0.4 is 14.8 Å². The highest BCUT2D eigenvalue weighted by Crippen LogP contribution is 2.29. The van der Waals surface area contributed by atoms with Gasteiger partial charge in [-0.05, 0) is 35.9 Å². The zero-order valence-corrected chi connectivity index (χ0v) is 14.0. The lowest BCUT2D eigenvalue weighted by Gasteiger charge is -2.15. The first-order valence-corrected chi connectivity index (χ1v) is 8.58. The van der Waals surface area contributed by atoms with E-state index < -0.39 is 10.0 Å². The first kappa shape index (κ1) is 16.1. The molecule has 0 bridgehead atoms. The van der Waals surface area contributed by atoms with Gasteiger partial charge in [0, 0.05) is 0 Å². The Hall–Kier alpha value is -2.80. The van der Waals surface area contributed by atoms with Gasteiger partial charge in [-0.3, -0.25) is 0 Å². The predicted molar refractivity (Wildman–Crippen MR) is 93.3 cm³/mol. The van der Waals surface area contributed by atoms with Crippen molar-refractivity contribution in [3.8, 4) is 11.5 Å². The lowest BCUT2D eigenvalue weighted by atomic mass is 10.2. The Morgan fingerprint density at radius 2 is 1.75 bits per heavy atom. The van der Waals surface area contributed by atoms with E-state index >= 15 is 0 Å². The van der Waals surface area contributed by atoms with Crippen molar-refractivity contribution in [1.29, 1.82) is 0 Å². The van der Waals surface area contributed by atoms with Crippen LogP contribution in [0.4, 0.5) is 5.69 Å². The van der Waals surface area contributed by atoms with Crippen molar-refractivity contribution in [2.45, 2.75) is 4.90 Å². The number of para-hydroxylation sites is 1. The Bertz CT molecular complexity index is 933. The number of nitrogens with zero attached hydrogens (tertiary/aromatic N) is 1. The van der Waals surface area contributed by atoms with Crippen LogP contribution >= 0.6 is 0 Å². The summed E-state index contributed by atoms with van der Waals surface area (Å²) < 4.78 is 38.6. The highest BCUT2D eigenvalue weighted by atomic mass is 32.2. The Balaban J connectivity index is 1.90. The maximum Gasteiger partial charge on any atom is 0.286 e. The fourth-order valence-electron chi connectivity index (χ4n) is 2.34. The number of hydrogen-bond acceptors (Lipinski definition) is 5. The van der Waals surface area contributed by atoms with Crippen molar-refractivity contribution >= 4 is 27.6 Å². The lowest BCUT2D eigenvalue weighted by Crippen LogP contribution is -2.19. The molecule has 0 atom stereocenters. The van der Waals surface area contributed by atoms with Gasteiger partial charge in [-0.2, -0.15) is 8.42 Å². The van der Waals surface area contributed by atoms with Gasteiger partial charge in [0.05, 0.1) is 19.9 Å². The number of amidine groups is 1. The molecule has 0 aliphatic carbocycles. The van der Waals surface area contributed by atoms with E-state index in [1.165, 1.54) is 6.07 Å². The van der Waals surface area contributed by atoms with Crippen LogP contribution in [-0.4, -0.2) is 28.5 Å². The van der Waals surface area contributed by atoms with Gasteiger partial charge in [-0.15, -0.1) is 4.40 Å². The predicted octanol–water partition coefficient (Wildman–Crippen LogP) is 2.93. The third-order valence-corrected chi connectivity index (χ3v) is 4.84. The molecule has 0 saturated carbocycles. The van der Waals surface area contributed by atoms with E-state index in [-0.39, 0.29) is 10.7 Å². The summed E-state index contributed by atoms with van der Waals surface area (Å²) in [5.41, 5.74) is 1.34. The van der Waals surface area contributed by atoms with Gasteiger partial charge in [-0.1, -0.05) is 24.3 Å². The summed E-state index contributed by atoms with van der Waals surface area (Å²) in [5.74, 6) is 1.47. The molecule has 2 aromatic rings. The van der Waals surface area contributed by atoms with Crippen LogP contribution in [-0.2, 0) is 10.0 Å². The molecule has 0 aromatic heterocycles. The largest absolute Gasteiger partial charge is 0.493 e. The van der Waals surface area contributed by atoms with E-state index in [4.69, 9.17) is 9.47 Å². The molecule has 3 rings (SSSR count). The minimum atomic E-state index is -3.69. The first-order valence-electron chi connectivity index (χ1n) is 7.14. The quantitative estimate of drug-likeness (QED) is 0.923. The van der Waals surface area contributed by atoms with Crippen LogP contribution in [0.1, 0.15) is 5.56 Å². The molecule has 0 unspecified atom stereocenters. The summed E-state index contributed by atoms with van der Waals surface area (Å²) in [6, 6.07) is 12.1. The Morgan fingerprint density at radius 3 is 2.50 bits per heavy atom. The average molecular weight is 344 g/mol. The van der Waals surface area contributed by atoms with Crippen LogP contribution in [0.3, 0.4) is 0 Å². The van der Waals surface area contributed by atoms with E-state index in [1.807, 2.05) is 6.07 Å². The number of rotatable bonds is 4. The molecule has 1 aliphatic rings. The standard InChI is InChI=1S/C17H16N2O4S/c1-22-14-9-7-12(11-15(14)23-2)8-10-17-18-13-5-3-4-6-16(13)24(20,21)19-17/h3-11H,1-2H3,(H,18,19)/b10-8+. The van der Waals surface area contributed by atoms with Crippen molar-refractivity contribution in [3.63, 3.8) is 0 Å². The molecule has 0 saturated heterocycles. The maximum absolute atomic E-state index is 12.2. The molecule has 1 aliphatic heterocycles. The molecule has 24 heavy (non-hydrogen) atoms. The van der Waals surface area contributed by atoms with E-state index in [0.717, 1.165) is 5.56 Å². The summed E-state index contributed by atoms with van der Waals surface area (Å²) in [4.78, 5) is 0.174. The van der Waals surface area contributed by atoms with Crippen molar-refractivity contribution < 1.29 is 17.9 Å². The van der Waals surface area contributed by atoms with Gasteiger partial charge in [-0.25, -0.2) is 0 Å². The average Bonchev–Trinajstić information content (AvgIpc) is 2.59. The third kappa shape index (κ3) is 3.11. The minimum Gasteiger partial charge on any atom is -0.493 e. The van der Waals surface area contributed by atoms with Crippen LogP contribution in [0.5, 0.6) is 11.5 Å². The van der Waals surface area contributed by atoms with Crippen molar-refractivity contribution in [3.05, 3.63) is 54.1 Å². The summed E-state index contributed by atoms with van der Waals surface area (Å²) in [6.07, 6.45) is 3.35. The fourth-order valence-corrected chi connectivity index (χ4v) is 3.45. The molecule has 0 amide bonds. The van der Waals surface area contributed by atoms with Crippen molar-refractivity contribution in [1.82, 2.24) is 0 Å². The molecule has 0 spiro atoms. The molecule has 2 aromatic carbocycles. The van der Waals surface area contributed by atoms with Gasteiger partial charge >= 0.3 is 0 Å². The Morgan fingerprint density at radius 1 is 1.00 bits per heavy atom. The maximum atomic E-state index is 12.2. The number of benzene rings is 2. The van der Waals surface area contributed by atoms with Crippen molar-refractivity contribution in [2.24, 2.45) is 4.40 Å². The summed E-state index contributed by atoms with van der Waals surface area (Å²) >= 11 is 0. The number of fused-ring (bicyclic) bond motifs is 1. The second-order valence-electron chi connectivity index (χ2n) is 5.02. The highest BCUT2D eigenvalue weighted by Gasteiger charge is 2.22. The Labute approximate surface area is 140 Å². The molecular formula is C17H16N2O4S. The van der Waals surface area contributed by atoms with Crippen LogP contribution in [0.2, 0.25) is 0 Å². The number of anilines is 1. The molecule has 124 valence electrons. The topological polar surface area (TPSA) is 77.0 Å². The fraction of sp³-hybridized carbons (Fsp3) is 0.118. The van der Waals surface area contributed by atoms with Gasteiger partial charge in [0.25, 0.3) is 10.0 Å². The monoisotopic (exact) mass is 344 g/mol. The van der Waals surface area contributed by atoms with E-state index in [9.17, 15) is 8.42 Å². The summed E-state index contributed by atoms with van der Waals surface area (Å²) in [5, 5.41) is 3.00. The molecule has 0 fully saturated rings. The van der Waals surface area contributed by atoms with Gasteiger partial charge in [0.1, 0.15) is 10.7 Å². The van der Waals surface area contributed by atoms with E-state index in [1.54, 1.807) is 56.7 Å². The molecule has 0 radical (unpaired) electrons. The van der Waals surface area contributed by atoms with E-state index in [0.29, 0.717) is 17.2 Å². The van der Waals surface area contributed by atoms with Gasteiger partial charge in [0.2, 0.25) is 0 Å². The lowest BCUT2D eigenvalue weighted by molar-refractivity contribution is 0.355. The summed E-state index contributed by atoms with van der Waals surface area (Å²) in [7, 11) is -0.567. The molecule has 1 N–H and O–H groups in total. The number of methoxy groups -OCH3 is 2. The molecule has 6 nitrogen and oxygen atoms in total. The first-order chi connectivity index (χ1) is 11.5. The highest BCUT2D eigenvalue weighted by molar-refractivity contribution is 7.90. The smallest absolute Gasteiger partial charge is 0.286 e. The number of nitrogens with one attached hydrogen (secondary N) is 1. The zero-order valence-electron chi connectivity index (χ0n) is 13.2. The third-order valence-electron chi connectivity index (χ3n) is 3.49. The Kier molecular flexibility index (Phi) is 4.26. The van der Waals surface area contributed by atoms with Gasteiger partial charge in [0.15, 0.2) is 11.5 Å². The van der Waals surface area contributed by atoms with Crippen molar-refractivity contribution in [2.75, 3.05) is 19.5 Å². The van der Waals surface area contributed by atoms with E-state index in [2.05, 4.69) is 9.71 Å². The zero-order chi connectivity index (χ0) is 17.2. The normalized spacial score (nSPS) is 15.3. The SMILES string of the molecule is COc1ccc(/C=C/C2=NS(=O)(=O)c3ccccc3N2)cc1OC. The number of hydrogen-bond donors (Lipinski definition) is 1. The second-order valence-corrected chi connectivity index (χ2v) is 6.59. The number of ether oxygens (including phenoxy) is 2. The molecule has 7 heteroatoms. The number of sulfonamides is 1. The molecular weight excluding hydrogens is 328 g/mol. The minimum absolute atomic E-state index is 0.174. The second kappa shape index (κ2) is 6.37. The van der Waals surface area contributed by atoms with Crippen LogP contribution in [0, 0.1) is 0 Å². The molecule has 1 heterocycles. The van der Waals surface area contributed by atoms with Gasteiger partial charge < -0.3 is 14.8 Å². The summed E-state index contributed by atoms with van der Waals surface area (Å²) in [6.45, 7) is 0. The van der Waals surface area contributed by atoms with Crippen LogP contribution in [0.25, 0.3) is 6.08 Å².